The minimum absolute atomic E-state index is 0.132. The first-order valence-corrected chi connectivity index (χ1v) is 24.3. The molecule has 1 aromatic heterocycles. The highest BCUT2D eigenvalue weighted by Crippen LogP contribution is 2.51. The van der Waals surface area contributed by atoms with Crippen LogP contribution in [-0.4, -0.2) is 15.0 Å². The lowest BCUT2D eigenvalue weighted by atomic mass is 9.80. The molecule has 1 heterocycles. The average Bonchev–Trinajstić information content (AvgIpc) is 3.61. The third kappa shape index (κ3) is 8.30. The van der Waals surface area contributed by atoms with Crippen LogP contribution in [0.4, 0.5) is 17.1 Å². The van der Waals surface area contributed by atoms with Crippen molar-refractivity contribution in [3.8, 4) is 78.7 Å². The maximum Gasteiger partial charge on any atom is 0.164 e. The highest BCUT2D eigenvalue weighted by Gasteiger charge is 2.36. The van der Waals surface area contributed by atoms with Crippen molar-refractivity contribution in [2.24, 2.45) is 0 Å². The van der Waals surface area contributed by atoms with Crippen LogP contribution in [0.15, 0.2) is 194 Å². The van der Waals surface area contributed by atoms with Crippen molar-refractivity contribution >= 4 is 17.1 Å². The van der Waals surface area contributed by atoms with E-state index in [1.807, 2.05) is 0 Å². The molecule has 0 amide bonds. The Balaban J connectivity index is 0.868. The van der Waals surface area contributed by atoms with E-state index in [0.29, 0.717) is 17.5 Å². The molecule has 0 saturated carbocycles. The lowest BCUT2D eigenvalue weighted by Gasteiger charge is -2.26. The molecule has 1 aliphatic rings. The number of rotatable bonds is 9. The molecule has 0 fully saturated rings. The van der Waals surface area contributed by atoms with E-state index in [2.05, 4.69) is 254 Å². The van der Waals surface area contributed by atoms with Crippen molar-refractivity contribution < 1.29 is 0 Å². The molecule has 0 atom stereocenters. The standard InChI is InChI=1S/C66H56N4/c1-41-9-15-50(16-10-41)63-67-64(51-17-11-42(2)12-18-51)69-65(68-63)52-21-19-47(20-22-52)48-23-31-56(32-24-48)70(55-29-13-43(3)14-30-55)57-33-25-49(26-34-57)53-27-35-58-59-36-28-54(40-62(59)66(7,8)61(58)39-53)60-38-45(5)44(4)37-46(60)6/h9-40H,1-8H3. The summed E-state index contributed by atoms with van der Waals surface area (Å²) in [4.78, 5) is 17.2. The molecule has 4 nitrogen and oxygen atoms in total. The number of aromatic nitrogens is 3. The predicted molar refractivity (Wildman–Crippen MR) is 293 cm³/mol. The van der Waals surface area contributed by atoms with Crippen molar-refractivity contribution in [3.05, 3.63) is 239 Å². The summed E-state index contributed by atoms with van der Waals surface area (Å²) in [5.74, 6) is 1.96. The van der Waals surface area contributed by atoms with Gasteiger partial charge in [-0.05, 0) is 162 Å². The van der Waals surface area contributed by atoms with Gasteiger partial charge in [0.15, 0.2) is 17.5 Å². The summed E-state index contributed by atoms with van der Waals surface area (Å²) in [5, 5.41) is 0. The smallest absolute Gasteiger partial charge is 0.164 e. The molecular weight excluding hydrogens is 849 g/mol. The van der Waals surface area contributed by atoms with Crippen LogP contribution in [0.2, 0.25) is 0 Å². The van der Waals surface area contributed by atoms with Gasteiger partial charge in [0.05, 0.1) is 0 Å². The van der Waals surface area contributed by atoms with Gasteiger partial charge in [0.2, 0.25) is 0 Å². The van der Waals surface area contributed by atoms with E-state index in [0.717, 1.165) is 44.9 Å². The third-order valence-electron chi connectivity index (χ3n) is 14.4. The molecule has 0 N–H and O–H groups in total. The fourth-order valence-corrected chi connectivity index (χ4v) is 10.1. The Bertz CT molecular complexity index is 3500. The van der Waals surface area contributed by atoms with E-state index in [1.54, 1.807) is 0 Å². The minimum atomic E-state index is -0.132. The lowest BCUT2D eigenvalue weighted by molar-refractivity contribution is 0.661. The highest BCUT2D eigenvalue weighted by atomic mass is 15.1. The molecule has 70 heavy (non-hydrogen) atoms. The highest BCUT2D eigenvalue weighted by molar-refractivity contribution is 5.87. The number of nitrogens with zero attached hydrogens (tertiary/aromatic N) is 4. The molecule has 10 aromatic rings. The van der Waals surface area contributed by atoms with E-state index < -0.39 is 0 Å². The predicted octanol–water partition coefficient (Wildman–Crippen LogP) is 17.5. The molecule has 340 valence electrons. The molecule has 9 aromatic carbocycles. The summed E-state index contributed by atoms with van der Waals surface area (Å²) in [7, 11) is 0. The lowest BCUT2D eigenvalue weighted by Crippen LogP contribution is -2.15. The average molecular weight is 905 g/mol. The van der Waals surface area contributed by atoms with Gasteiger partial charge in [0.1, 0.15) is 0 Å². The van der Waals surface area contributed by atoms with Gasteiger partial charge in [-0.3, -0.25) is 0 Å². The van der Waals surface area contributed by atoms with Crippen molar-refractivity contribution in [2.75, 3.05) is 4.90 Å². The van der Waals surface area contributed by atoms with Crippen LogP contribution in [0.5, 0.6) is 0 Å². The van der Waals surface area contributed by atoms with Crippen LogP contribution in [-0.2, 0) is 5.41 Å². The second kappa shape index (κ2) is 17.7. The van der Waals surface area contributed by atoms with Crippen LogP contribution >= 0.6 is 0 Å². The Hall–Kier alpha value is -8.21. The first kappa shape index (κ1) is 44.3. The molecule has 0 bridgehead atoms. The summed E-state index contributed by atoms with van der Waals surface area (Å²) in [6.07, 6.45) is 0. The Kier molecular flexibility index (Phi) is 11.2. The molecule has 4 heteroatoms. The van der Waals surface area contributed by atoms with Crippen LogP contribution in [0.1, 0.15) is 58.4 Å². The van der Waals surface area contributed by atoms with Crippen LogP contribution in [0.25, 0.3) is 78.7 Å². The minimum Gasteiger partial charge on any atom is -0.311 e. The molecule has 0 spiro atoms. The van der Waals surface area contributed by atoms with Gasteiger partial charge in [-0.15, -0.1) is 0 Å². The fraction of sp³-hybridized carbons (Fsp3) is 0.136. The van der Waals surface area contributed by atoms with E-state index in [9.17, 15) is 0 Å². The Labute approximate surface area is 413 Å². The second-order valence-electron chi connectivity index (χ2n) is 19.8. The summed E-state index contributed by atoms with van der Waals surface area (Å²) in [6.45, 7) is 17.7. The van der Waals surface area contributed by atoms with Crippen LogP contribution in [0, 0.1) is 41.5 Å². The van der Waals surface area contributed by atoms with Crippen molar-refractivity contribution in [1.29, 1.82) is 0 Å². The summed E-state index contributed by atoms with van der Waals surface area (Å²) < 4.78 is 0. The SMILES string of the molecule is Cc1ccc(-c2nc(-c3ccc(C)cc3)nc(-c3ccc(-c4ccc(N(c5ccc(C)cc5)c5ccc(-c6ccc7c(c6)C(C)(C)c6cc(-c8cc(C)c(C)cc8C)ccc6-7)cc5)cc4)cc3)n2)cc1. The summed E-state index contributed by atoms with van der Waals surface area (Å²) >= 11 is 0. The zero-order valence-corrected chi connectivity index (χ0v) is 41.3. The van der Waals surface area contributed by atoms with Gasteiger partial charge in [0, 0.05) is 39.2 Å². The molecule has 11 rings (SSSR count). The Morgan fingerprint density at radius 1 is 0.286 bits per heavy atom. The van der Waals surface area contributed by atoms with Gasteiger partial charge in [-0.1, -0.05) is 176 Å². The van der Waals surface area contributed by atoms with E-state index in [4.69, 9.17) is 15.0 Å². The van der Waals surface area contributed by atoms with Crippen LogP contribution in [0.3, 0.4) is 0 Å². The van der Waals surface area contributed by atoms with E-state index >= 15 is 0 Å². The van der Waals surface area contributed by atoms with Gasteiger partial charge in [-0.2, -0.15) is 0 Å². The molecule has 0 radical (unpaired) electrons. The first-order valence-electron chi connectivity index (χ1n) is 24.3. The van der Waals surface area contributed by atoms with Crippen molar-refractivity contribution in [2.45, 2.75) is 60.8 Å². The Morgan fingerprint density at radius 2 is 0.600 bits per heavy atom. The molecule has 1 aliphatic carbocycles. The number of hydrogen-bond acceptors (Lipinski definition) is 4. The number of hydrogen-bond donors (Lipinski definition) is 0. The maximum absolute atomic E-state index is 4.98. The van der Waals surface area contributed by atoms with Crippen molar-refractivity contribution in [1.82, 2.24) is 15.0 Å². The number of fused-ring (bicyclic) bond motifs is 3. The molecule has 0 aliphatic heterocycles. The normalized spacial score (nSPS) is 12.4. The van der Waals surface area contributed by atoms with Crippen LogP contribution < -0.4 is 4.90 Å². The monoisotopic (exact) mass is 904 g/mol. The number of benzene rings is 9. The van der Waals surface area contributed by atoms with E-state index in [-0.39, 0.29) is 5.41 Å². The second-order valence-corrected chi connectivity index (χ2v) is 19.8. The van der Waals surface area contributed by atoms with Gasteiger partial charge in [0.25, 0.3) is 0 Å². The third-order valence-corrected chi connectivity index (χ3v) is 14.4. The van der Waals surface area contributed by atoms with E-state index in [1.165, 1.54) is 77.9 Å². The summed E-state index contributed by atoms with van der Waals surface area (Å²) in [5.41, 5.74) is 26.3. The topological polar surface area (TPSA) is 41.9 Å². The Morgan fingerprint density at radius 3 is 1.06 bits per heavy atom. The fourth-order valence-electron chi connectivity index (χ4n) is 10.1. The van der Waals surface area contributed by atoms with Gasteiger partial charge < -0.3 is 4.90 Å². The number of aryl methyl sites for hydroxylation is 6. The van der Waals surface area contributed by atoms with Crippen molar-refractivity contribution in [3.63, 3.8) is 0 Å². The zero-order valence-electron chi connectivity index (χ0n) is 41.3. The molecule has 0 unspecified atom stereocenters. The molecular formula is C66H56N4. The largest absolute Gasteiger partial charge is 0.311 e. The van der Waals surface area contributed by atoms with Gasteiger partial charge >= 0.3 is 0 Å². The molecule has 0 saturated heterocycles. The summed E-state index contributed by atoms with van der Waals surface area (Å²) in [6, 6.07) is 70.7. The quantitative estimate of drug-likeness (QED) is 0.145. The first-order chi connectivity index (χ1) is 33.9. The van der Waals surface area contributed by atoms with Gasteiger partial charge in [-0.25, -0.2) is 15.0 Å². The number of anilines is 3. The zero-order chi connectivity index (χ0) is 48.3. The maximum atomic E-state index is 4.98.